The van der Waals surface area contributed by atoms with E-state index in [4.69, 9.17) is 11.6 Å². The number of carbonyl (C=O) groups excluding carboxylic acids is 1. The summed E-state index contributed by atoms with van der Waals surface area (Å²) in [6.45, 7) is 0. The van der Waals surface area contributed by atoms with Crippen LogP contribution in [0.4, 0.5) is 10.5 Å². The molecule has 1 aromatic carbocycles. The van der Waals surface area contributed by atoms with Gasteiger partial charge in [-0.3, -0.25) is 4.21 Å². The molecule has 1 aliphatic heterocycles. The van der Waals surface area contributed by atoms with Gasteiger partial charge in [0.1, 0.15) is 0 Å². The van der Waals surface area contributed by atoms with Crippen LogP contribution in [0.25, 0.3) is 0 Å². The van der Waals surface area contributed by atoms with E-state index in [1.165, 1.54) is 0 Å². The van der Waals surface area contributed by atoms with E-state index in [1.807, 2.05) is 0 Å². The lowest BCUT2D eigenvalue weighted by Crippen LogP contribution is -2.38. The quantitative estimate of drug-likeness (QED) is 0.865. The highest BCUT2D eigenvalue weighted by Crippen LogP contribution is 2.15. The summed E-state index contributed by atoms with van der Waals surface area (Å²) in [7, 11) is -0.783. The number of carbonyl (C=O) groups is 1. The van der Waals surface area contributed by atoms with Crippen LogP contribution in [0.3, 0.4) is 0 Å². The molecule has 0 radical (unpaired) electrons. The summed E-state index contributed by atoms with van der Waals surface area (Å²) in [6.07, 6.45) is 0.773. The van der Waals surface area contributed by atoms with Crippen molar-refractivity contribution in [3.05, 3.63) is 29.3 Å². The lowest BCUT2D eigenvalue weighted by Gasteiger charge is -2.12. The Kier molecular flexibility index (Phi) is 4.02. The topological polar surface area (TPSA) is 58.2 Å². The first-order chi connectivity index (χ1) is 8.13. The molecule has 1 fully saturated rings. The molecule has 1 aromatic rings. The first-order valence-electron chi connectivity index (χ1n) is 5.31. The normalized spacial score (nSPS) is 23.4. The molecule has 1 heterocycles. The molecular weight excluding hydrogens is 260 g/mol. The minimum Gasteiger partial charge on any atom is -0.334 e. The summed E-state index contributed by atoms with van der Waals surface area (Å²) >= 11 is 5.81. The van der Waals surface area contributed by atoms with Crippen LogP contribution < -0.4 is 10.6 Å². The molecule has 0 aromatic heterocycles. The largest absolute Gasteiger partial charge is 0.334 e. The Bertz CT molecular complexity index is 453. The van der Waals surface area contributed by atoms with Crippen molar-refractivity contribution in [2.75, 3.05) is 16.8 Å². The van der Waals surface area contributed by atoms with E-state index in [0.717, 1.165) is 6.42 Å². The van der Waals surface area contributed by atoms with Gasteiger partial charge in [0.15, 0.2) is 0 Å². The monoisotopic (exact) mass is 272 g/mol. The summed E-state index contributed by atoms with van der Waals surface area (Å²) in [6, 6.07) is 6.67. The van der Waals surface area contributed by atoms with Gasteiger partial charge in [-0.2, -0.15) is 0 Å². The molecule has 2 N–H and O–H groups in total. The van der Waals surface area contributed by atoms with Crippen molar-refractivity contribution in [1.82, 2.24) is 5.32 Å². The van der Waals surface area contributed by atoms with Gasteiger partial charge in [-0.05, 0) is 24.6 Å². The number of rotatable bonds is 2. The fraction of sp³-hybridized carbons (Fsp3) is 0.364. The van der Waals surface area contributed by atoms with E-state index < -0.39 is 10.8 Å². The van der Waals surface area contributed by atoms with E-state index in [0.29, 0.717) is 22.2 Å². The van der Waals surface area contributed by atoms with Gasteiger partial charge in [-0.25, -0.2) is 4.79 Å². The summed E-state index contributed by atoms with van der Waals surface area (Å²) in [5.41, 5.74) is 0.647. The first kappa shape index (κ1) is 12.4. The predicted octanol–water partition coefficient (Wildman–Crippen LogP) is 1.98. The molecule has 0 aliphatic carbocycles. The Labute approximate surface area is 107 Å². The smallest absolute Gasteiger partial charge is 0.319 e. The third kappa shape index (κ3) is 3.71. The molecule has 1 aliphatic rings. The number of nitrogens with one attached hydrogen (secondary N) is 2. The number of hydrogen-bond acceptors (Lipinski definition) is 2. The number of anilines is 1. The van der Waals surface area contributed by atoms with E-state index in [9.17, 15) is 9.00 Å². The van der Waals surface area contributed by atoms with Crippen LogP contribution in [0.5, 0.6) is 0 Å². The molecular formula is C11H13ClN2O2S. The first-order valence-corrected chi connectivity index (χ1v) is 7.18. The molecule has 1 saturated heterocycles. The van der Waals surface area contributed by atoms with E-state index in [1.54, 1.807) is 24.3 Å². The van der Waals surface area contributed by atoms with Gasteiger partial charge in [-0.1, -0.05) is 17.7 Å². The molecule has 2 atom stereocenters. The van der Waals surface area contributed by atoms with Crippen LogP contribution in [0.2, 0.25) is 5.02 Å². The molecule has 0 bridgehead atoms. The van der Waals surface area contributed by atoms with Crippen molar-refractivity contribution in [3.63, 3.8) is 0 Å². The van der Waals surface area contributed by atoms with E-state index >= 15 is 0 Å². The minimum absolute atomic E-state index is 0.00928. The van der Waals surface area contributed by atoms with Crippen molar-refractivity contribution in [2.24, 2.45) is 0 Å². The fourth-order valence-electron chi connectivity index (χ4n) is 1.70. The number of benzene rings is 1. The van der Waals surface area contributed by atoms with Crippen LogP contribution in [0.15, 0.2) is 24.3 Å². The van der Waals surface area contributed by atoms with Gasteiger partial charge in [0.25, 0.3) is 0 Å². The van der Waals surface area contributed by atoms with Crippen molar-refractivity contribution < 1.29 is 9.00 Å². The Morgan fingerprint density at radius 2 is 2.29 bits per heavy atom. The van der Waals surface area contributed by atoms with Gasteiger partial charge in [0.05, 0.1) is 0 Å². The average Bonchev–Trinajstić information content (AvgIpc) is 2.63. The zero-order chi connectivity index (χ0) is 12.3. The number of halogens is 1. The summed E-state index contributed by atoms with van der Waals surface area (Å²) < 4.78 is 11.2. The maximum atomic E-state index is 11.6. The molecule has 2 amide bonds. The van der Waals surface area contributed by atoms with Crippen molar-refractivity contribution in [2.45, 2.75) is 12.5 Å². The number of hydrogen-bond donors (Lipinski definition) is 2. The molecule has 2 rings (SSSR count). The van der Waals surface area contributed by atoms with Crippen molar-refractivity contribution in [1.29, 1.82) is 0 Å². The molecule has 0 spiro atoms. The third-order valence-electron chi connectivity index (χ3n) is 2.50. The van der Waals surface area contributed by atoms with Crippen LogP contribution >= 0.6 is 11.6 Å². The van der Waals surface area contributed by atoms with Crippen LogP contribution in [0.1, 0.15) is 6.42 Å². The van der Waals surface area contributed by atoms with E-state index in [-0.39, 0.29) is 12.1 Å². The maximum Gasteiger partial charge on any atom is 0.319 e. The van der Waals surface area contributed by atoms with Crippen molar-refractivity contribution in [3.8, 4) is 0 Å². The Morgan fingerprint density at radius 1 is 1.47 bits per heavy atom. The highest BCUT2D eigenvalue weighted by molar-refractivity contribution is 7.85. The molecule has 17 heavy (non-hydrogen) atoms. The Hall–Kier alpha value is -1.07. The lowest BCUT2D eigenvalue weighted by molar-refractivity contribution is 0.249. The van der Waals surface area contributed by atoms with Gasteiger partial charge in [0.2, 0.25) is 0 Å². The highest BCUT2D eigenvalue weighted by Gasteiger charge is 2.22. The standard InChI is InChI=1S/C11H13ClN2O2S/c12-8-2-1-3-9(6-8)13-11(15)14-10-4-5-17(16)7-10/h1-3,6,10H,4-5,7H2,(H2,13,14,15). The maximum absolute atomic E-state index is 11.6. The van der Waals surface area contributed by atoms with Crippen LogP contribution in [-0.2, 0) is 10.8 Å². The zero-order valence-corrected chi connectivity index (χ0v) is 10.7. The Morgan fingerprint density at radius 3 is 2.94 bits per heavy atom. The van der Waals surface area contributed by atoms with Gasteiger partial charge < -0.3 is 10.6 Å². The highest BCUT2D eigenvalue weighted by atomic mass is 35.5. The molecule has 4 nitrogen and oxygen atoms in total. The zero-order valence-electron chi connectivity index (χ0n) is 9.11. The summed E-state index contributed by atoms with van der Waals surface area (Å²) in [5, 5.41) is 6.06. The predicted molar refractivity (Wildman–Crippen MR) is 69.9 cm³/mol. The number of urea groups is 1. The minimum atomic E-state index is -0.783. The fourth-order valence-corrected chi connectivity index (χ4v) is 3.30. The van der Waals surface area contributed by atoms with Gasteiger partial charge in [0, 0.05) is 39.1 Å². The van der Waals surface area contributed by atoms with Crippen molar-refractivity contribution >= 4 is 34.1 Å². The molecule has 2 unspecified atom stereocenters. The Balaban J connectivity index is 1.87. The second-order valence-corrected chi connectivity index (χ2v) is 5.96. The molecule has 6 heteroatoms. The average molecular weight is 273 g/mol. The van der Waals surface area contributed by atoms with Gasteiger partial charge >= 0.3 is 6.03 Å². The third-order valence-corrected chi connectivity index (χ3v) is 4.20. The molecule has 92 valence electrons. The molecule has 0 saturated carbocycles. The summed E-state index contributed by atoms with van der Waals surface area (Å²) in [5.74, 6) is 1.21. The summed E-state index contributed by atoms with van der Waals surface area (Å²) in [4.78, 5) is 11.6. The second-order valence-electron chi connectivity index (χ2n) is 3.91. The lowest BCUT2D eigenvalue weighted by atomic mass is 10.3. The van der Waals surface area contributed by atoms with Gasteiger partial charge in [-0.15, -0.1) is 0 Å². The number of amides is 2. The SMILES string of the molecule is O=C(Nc1cccc(Cl)c1)NC1CCS(=O)C1. The van der Waals surface area contributed by atoms with Crippen LogP contribution in [-0.4, -0.2) is 27.8 Å². The van der Waals surface area contributed by atoms with E-state index in [2.05, 4.69) is 10.6 Å². The second kappa shape index (κ2) is 5.51. The van der Waals surface area contributed by atoms with Crippen LogP contribution in [0, 0.1) is 0 Å².